The van der Waals surface area contributed by atoms with Gasteiger partial charge in [0.2, 0.25) is 0 Å². The van der Waals surface area contributed by atoms with Crippen molar-refractivity contribution < 1.29 is 4.74 Å². The maximum absolute atomic E-state index is 6.20. The molecule has 4 nitrogen and oxygen atoms in total. The zero-order valence-electron chi connectivity index (χ0n) is 10.4. The molecule has 0 aliphatic rings. The third-order valence-electron chi connectivity index (χ3n) is 2.99. The Labute approximate surface area is 115 Å². The zero-order valence-corrected chi connectivity index (χ0v) is 11.1. The highest BCUT2D eigenvalue weighted by Crippen LogP contribution is 2.22. The second-order valence-electron chi connectivity index (χ2n) is 4.15. The molecule has 2 aromatic heterocycles. The topological polar surface area (TPSA) is 39.4 Å². The maximum Gasteiger partial charge on any atom is 0.161 e. The summed E-state index contributed by atoms with van der Waals surface area (Å²) in [4.78, 5) is 0. The minimum atomic E-state index is 0.604. The number of methoxy groups -OCH3 is 1. The summed E-state index contributed by atoms with van der Waals surface area (Å²) in [5.41, 5.74) is 1.80. The van der Waals surface area contributed by atoms with E-state index in [2.05, 4.69) is 10.2 Å². The van der Waals surface area contributed by atoms with Crippen LogP contribution in [0.3, 0.4) is 0 Å². The van der Waals surface area contributed by atoms with Gasteiger partial charge in [0, 0.05) is 12.0 Å². The molecule has 3 aromatic rings. The van der Waals surface area contributed by atoms with Crippen molar-refractivity contribution in [3.05, 3.63) is 59.0 Å². The van der Waals surface area contributed by atoms with Crippen LogP contribution in [0.4, 0.5) is 0 Å². The molecule has 0 radical (unpaired) electrons. The average molecular weight is 274 g/mol. The molecule has 0 saturated carbocycles. The Hall–Kier alpha value is -2.07. The van der Waals surface area contributed by atoms with Crippen LogP contribution in [0, 0.1) is 0 Å². The monoisotopic (exact) mass is 273 g/mol. The molecule has 3 rings (SSSR count). The van der Waals surface area contributed by atoms with Crippen LogP contribution in [0.1, 0.15) is 11.4 Å². The van der Waals surface area contributed by atoms with Crippen molar-refractivity contribution in [3.8, 4) is 5.75 Å². The van der Waals surface area contributed by atoms with Gasteiger partial charge in [0.25, 0.3) is 0 Å². The summed E-state index contributed by atoms with van der Waals surface area (Å²) in [7, 11) is 1.66. The van der Waals surface area contributed by atoms with Gasteiger partial charge in [-0.1, -0.05) is 35.9 Å². The summed E-state index contributed by atoms with van der Waals surface area (Å²) >= 11 is 6.20. The van der Waals surface area contributed by atoms with Crippen LogP contribution in [-0.4, -0.2) is 21.7 Å². The molecule has 1 aromatic carbocycles. The summed E-state index contributed by atoms with van der Waals surface area (Å²) in [6.07, 6.45) is 0.620. The molecular formula is C14H12ClN3O. The Kier molecular flexibility index (Phi) is 3.09. The standard InChI is InChI=1S/C14H12ClN3O/c1-19-11-6-3-2-5-10(11)9-14-17-16-13-8-4-7-12(15)18(13)14/h2-8H,9H2,1H3. The van der Waals surface area contributed by atoms with Crippen molar-refractivity contribution in [3.63, 3.8) is 0 Å². The quantitative estimate of drug-likeness (QED) is 0.689. The summed E-state index contributed by atoms with van der Waals surface area (Å²) < 4.78 is 7.19. The lowest BCUT2D eigenvalue weighted by atomic mass is 10.1. The summed E-state index contributed by atoms with van der Waals surface area (Å²) in [5, 5.41) is 8.92. The lowest BCUT2D eigenvalue weighted by Crippen LogP contribution is -1.99. The SMILES string of the molecule is COc1ccccc1Cc1nnc2cccc(Cl)n12. The molecule has 0 spiro atoms. The van der Waals surface area contributed by atoms with Crippen molar-refractivity contribution in [2.24, 2.45) is 0 Å². The van der Waals surface area contributed by atoms with E-state index >= 15 is 0 Å². The molecule has 0 fully saturated rings. The van der Waals surface area contributed by atoms with Gasteiger partial charge in [0.1, 0.15) is 16.7 Å². The third kappa shape index (κ3) is 2.15. The Balaban J connectivity index is 2.06. The van der Waals surface area contributed by atoms with Gasteiger partial charge in [-0.2, -0.15) is 0 Å². The fraction of sp³-hybridized carbons (Fsp3) is 0.143. The highest BCUT2D eigenvalue weighted by molar-refractivity contribution is 6.29. The highest BCUT2D eigenvalue weighted by Gasteiger charge is 2.11. The zero-order chi connectivity index (χ0) is 13.2. The largest absolute Gasteiger partial charge is 0.496 e. The normalized spacial score (nSPS) is 10.8. The van der Waals surface area contributed by atoms with E-state index in [-0.39, 0.29) is 0 Å². The Morgan fingerprint density at radius 1 is 1.11 bits per heavy atom. The highest BCUT2D eigenvalue weighted by atomic mass is 35.5. The van der Waals surface area contributed by atoms with Crippen molar-refractivity contribution in [1.29, 1.82) is 0 Å². The number of halogens is 1. The van der Waals surface area contributed by atoms with Crippen LogP contribution in [0.25, 0.3) is 5.65 Å². The van der Waals surface area contributed by atoms with Crippen LogP contribution in [0.2, 0.25) is 5.15 Å². The first-order valence-electron chi connectivity index (χ1n) is 5.90. The molecule has 5 heteroatoms. The van der Waals surface area contributed by atoms with E-state index in [0.717, 1.165) is 22.8 Å². The number of ether oxygens (including phenoxy) is 1. The van der Waals surface area contributed by atoms with E-state index in [1.165, 1.54) is 0 Å². The van der Waals surface area contributed by atoms with E-state index < -0.39 is 0 Å². The van der Waals surface area contributed by atoms with Gasteiger partial charge in [-0.15, -0.1) is 10.2 Å². The second kappa shape index (κ2) is 4.90. The molecule has 96 valence electrons. The number of hydrogen-bond donors (Lipinski definition) is 0. The number of hydrogen-bond acceptors (Lipinski definition) is 3. The molecule has 0 saturated heterocycles. The fourth-order valence-corrected chi connectivity index (χ4v) is 2.35. The number of para-hydroxylation sites is 1. The smallest absolute Gasteiger partial charge is 0.161 e. The number of aromatic nitrogens is 3. The van der Waals surface area contributed by atoms with Gasteiger partial charge < -0.3 is 4.74 Å². The van der Waals surface area contributed by atoms with Gasteiger partial charge >= 0.3 is 0 Å². The van der Waals surface area contributed by atoms with Gasteiger partial charge in [0.15, 0.2) is 5.65 Å². The molecule has 0 aliphatic carbocycles. The van der Waals surface area contributed by atoms with E-state index in [1.807, 2.05) is 46.9 Å². The van der Waals surface area contributed by atoms with Crippen LogP contribution in [-0.2, 0) is 6.42 Å². The fourth-order valence-electron chi connectivity index (χ4n) is 2.09. The van der Waals surface area contributed by atoms with Crippen LogP contribution in [0.15, 0.2) is 42.5 Å². The number of fused-ring (bicyclic) bond motifs is 1. The van der Waals surface area contributed by atoms with E-state index in [4.69, 9.17) is 16.3 Å². The van der Waals surface area contributed by atoms with E-state index in [1.54, 1.807) is 7.11 Å². The van der Waals surface area contributed by atoms with Gasteiger partial charge in [-0.3, -0.25) is 4.40 Å². The average Bonchev–Trinajstić information content (AvgIpc) is 2.84. The van der Waals surface area contributed by atoms with E-state index in [9.17, 15) is 0 Å². The molecule has 2 heterocycles. The summed E-state index contributed by atoms with van der Waals surface area (Å²) in [5.74, 6) is 1.64. The first kappa shape index (κ1) is 12.0. The van der Waals surface area contributed by atoms with Crippen molar-refractivity contribution in [2.45, 2.75) is 6.42 Å². The molecule has 19 heavy (non-hydrogen) atoms. The molecule has 0 unspecified atom stereocenters. The predicted molar refractivity (Wildman–Crippen MR) is 73.8 cm³/mol. The minimum Gasteiger partial charge on any atom is -0.496 e. The van der Waals surface area contributed by atoms with Crippen molar-refractivity contribution in [2.75, 3.05) is 7.11 Å². The molecular weight excluding hydrogens is 262 g/mol. The molecule has 0 amide bonds. The minimum absolute atomic E-state index is 0.604. The van der Waals surface area contributed by atoms with Crippen LogP contribution >= 0.6 is 11.6 Å². The molecule has 0 bridgehead atoms. The molecule has 0 N–H and O–H groups in total. The lowest BCUT2D eigenvalue weighted by Gasteiger charge is -2.07. The number of benzene rings is 1. The Morgan fingerprint density at radius 2 is 1.95 bits per heavy atom. The van der Waals surface area contributed by atoms with Crippen LogP contribution < -0.4 is 4.74 Å². The van der Waals surface area contributed by atoms with Crippen LogP contribution in [0.5, 0.6) is 5.75 Å². The Bertz CT molecular complexity index is 724. The number of nitrogens with zero attached hydrogens (tertiary/aromatic N) is 3. The second-order valence-corrected chi connectivity index (χ2v) is 4.53. The third-order valence-corrected chi connectivity index (χ3v) is 3.28. The molecule has 0 atom stereocenters. The van der Waals surface area contributed by atoms with E-state index in [0.29, 0.717) is 11.6 Å². The van der Waals surface area contributed by atoms with Gasteiger partial charge in [0.05, 0.1) is 7.11 Å². The van der Waals surface area contributed by atoms with Crippen molar-refractivity contribution in [1.82, 2.24) is 14.6 Å². The first-order valence-corrected chi connectivity index (χ1v) is 6.28. The summed E-state index contributed by atoms with van der Waals surface area (Å²) in [6.45, 7) is 0. The first-order chi connectivity index (χ1) is 9.29. The number of pyridine rings is 1. The van der Waals surface area contributed by atoms with Gasteiger partial charge in [-0.25, -0.2) is 0 Å². The van der Waals surface area contributed by atoms with Gasteiger partial charge in [-0.05, 0) is 18.2 Å². The maximum atomic E-state index is 6.20. The molecule has 0 aliphatic heterocycles. The van der Waals surface area contributed by atoms with Crippen molar-refractivity contribution >= 4 is 17.2 Å². The Morgan fingerprint density at radius 3 is 2.79 bits per heavy atom. The summed E-state index contributed by atoms with van der Waals surface area (Å²) in [6, 6.07) is 13.4. The predicted octanol–water partition coefficient (Wildman–Crippen LogP) is 2.98. The number of rotatable bonds is 3. The lowest BCUT2D eigenvalue weighted by molar-refractivity contribution is 0.410.